The predicted molar refractivity (Wildman–Crippen MR) is 56.2 cm³/mol. The molecule has 0 fully saturated rings. The van der Waals surface area contributed by atoms with Gasteiger partial charge in [0, 0.05) is 12.5 Å². The van der Waals surface area contributed by atoms with Gasteiger partial charge in [0.15, 0.2) is 5.75 Å². The van der Waals surface area contributed by atoms with Gasteiger partial charge in [-0.05, 0) is 13.0 Å². The molecule has 1 rings (SSSR count). The number of nitrogens with zero attached hydrogens (tertiary/aromatic N) is 2. The molecule has 1 aromatic heterocycles. The molecule has 0 radical (unpaired) electrons. The van der Waals surface area contributed by atoms with Crippen molar-refractivity contribution < 1.29 is 4.74 Å². The van der Waals surface area contributed by atoms with Crippen molar-refractivity contribution in [3.8, 4) is 5.75 Å². The Hall–Kier alpha value is -1.03. The van der Waals surface area contributed by atoms with Crippen molar-refractivity contribution >= 4 is 0 Å². The number of ether oxygens (including phenoxy) is 1. The lowest BCUT2D eigenvalue weighted by Crippen LogP contribution is -2.18. The molecule has 0 bridgehead atoms. The largest absolute Gasteiger partial charge is 0.490 e. The third-order valence-corrected chi connectivity index (χ3v) is 2.00. The summed E-state index contributed by atoms with van der Waals surface area (Å²) in [5.41, 5.74) is 5.49. The van der Waals surface area contributed by atoms with E-state index < -0.39 is 0 Å². The van der Waals surface area contributed by atoms with Gasteiger partial charge in [-0.25, -0.2) is 0 Å². The summed E-state index contributed by atoms with van der Waals surface area (Å²) in [7, 11) is 0. The predicted octanol–water partition coefficient (Wildman–Crippen LogP) is 1.27. The van der Waals surface area contributed by atoms with Gasteiger partial charge in [-0.1, -0.05) is 13.8 Å². The average Bonchev–Trinajstić information content (AvgIpc) is 2.63. The standard InChI is InChI=1S/C10H19N3O/c1-3-4-13-7-10(6-12-13)14-8-9(2)5-11/h6-7,9H,3-5,8,11H2,1-2H3. The normalized spacial score (nSPS) is 12.8. The molecule has 0 aliphatic carbocycles. The van der Waals surface area contributed by atoms with Crippen LogP contribution < -0.4 is 10.5 Å². The number of nitrogens with two attached hydrogens (primary N) is 1. The van der Waals surface area contributed by atoms with E-state index in [0.717, 1.165) is 18.7 Å². The summed E-state index contributed by atoms with van der Waals surface area (Å²) < 4.78 is 7.41. The first kappa shape index (κ1) is 11.0. The summed E-state index contributed by atoms with van der Waals surface area (Å²) in [4.78, 5) is 0. The summed E-state index contributed by atoms with van der Waals surface area (Å²) in [5, 5.41) is 4.17. The molecular formula is C10H19N3O. The maximum atomic E-state index is 5.52. The monoisotopic (exact) mass is 197 g/mol. The molecule has 0 saturated carbocycles. The minimum Gasteiger partial charge on any atom is -0.490 e. The van der Waals surface area contributed by atoms with Crippen LogP contribution in [-0.4, -0.2) is 22.9 Å². The van der Waals surface area contributed by atoms with Crippen LogP contribution >= 0.6 is 0 Å². The Morgan fingerprint density at radius 3 is 3.07 bits per heavy atom. The maximum Gasteiger partial charge on any atom is 0.157 e. The highest BCUT2D eigenvalue weighted by Gasteiger charge is 2.02. The van der Waals surface area contributed by atoms with Crippen LogP contribution in [0.2, 0.25) is 0 Å². The van der Waals surface area contributed by atoms with Crippen LogP contribution in [0.15, 0.2) is 12.4 Å². The number of hydrogen-bond donors (Lipinski definition) is 1. The number of aryl methyl sites for hydroxylation is 1. The summed E-state index contributed by atoms with van der Waals surface area (Å²) in [6, 6.07) is 0. The zero-order chi connectivity index (χ0) is 10.4. The quantitative estimate of drug-likeness (QED) is 0.747. The molecule has 0 amide bonds. The van der Waals surface area contributed by atoms with Gasteiger partial charge in [-0.3, -0.25) is 4.68 Å². The molecule has 0 aliphatic heterocycles. The highest BCUT2D eigenvalue weighted by Crippen LogP contribution is 2.09. The Kier molecular flexibility index (Phi) is 4.46. The van der Waals surface area contributed by atoms with Gasteiger partial charge in [-0.2, -0.15) is 5.10 Å². The Labute approximate surface area is 85.0 Å². The van der Waals surface area contributed by atoms with E-state index in [-0.39, 0.29) is 0 Å². The maximum absolute atomic E-state index is 5.52. The summed E-state index contributed by atoms with van der Waals surface area (Å²) in [5.74, 6) is 1.23. The molecule has 1 heterocycles. The molecule has 1 unspecified atom stereocenters. The van der Waals surface area contributed by atoms with Gasteiger partial charge in [0.2, 0.25) is 0 Å². The van der Waals surface area contributed by atoms with Gasteiger partial charge >= 0.3 is 0 Å². The third-order valence-electron chi connectivity index (χ3n) is 2.00. The van der Waals surface area contributed by atoms with E-state index in [1.54, 1.807) is 6.20 Å². The van der Waals surface area contributed by atoms with E-state index in [1.807, 2.05) is 10.9 Å². The molecule has 0 aromatic carbocycles. The molecular weight excluding hydrogens is 178 g/mol. The lowest BCUT2D eigenvalue weighted by atomic mass is 10.2. The van der Waals surface area contributed by atoms with Crippen molar-refractivity contribution in [2.24, 2.45) is 11.7 Å². The first-order valence-electron chi connectivity index (χ1n) is 5.11. The molecule has 0 saturated heterocycles. The van der Waals surface area contributed by atoms with E-state index in [1.165, 1.54) is 0 Å². The van der Waals surface area contributed by atoms with Crippen molar-refractivity contribution in [1.29, 1.82) is 0 Å². The molecule has 80 valence electrons. The molecule has 4 heteroatoms. The van der Waals surface area contributed by atoms with Gasteiger partial charge in [0.1, 0.15) is 0 Å². The van der Waals surface area contributed by atoms with Crippen LogP contribution in [0.5, 0.6) is 5.75 Å². The van der Waals surface area contributed by atoms with Crippen LogP contribution in [0, 0.1) is 5.92 Å². The second-order valence-corrected chi connectivity index (χ2v) is 3.59. The summed E-state index contributed by atoms with van der Waals surface area (Å²) >= 11 is 0. The summed E-state index contributed by atoms with van der Waals surface area (Å²) in [6.45, 7) is 6.45. The Bertz CT molecular complexity index is 260. The SMILES string of the molecule is CCCn1cc(OCC(C)CN)cn1. The van der Waals surface area contributed by atoms with Gasteiger partial charge in [0.25, 0.3) is 0 Å². The second-order valence-electron chi connectivity index (χ2n) is 3.59. The van der Waals surface area contributed by atoms with Crippen molar-refractivity contribution in [2.75, 3.05) is 13.2 Å². The van der Waals surface area contributed by atoms with E-state index in [9.17, 15) is 0 Å². The zero-order valence-corrected chi connectivity index (χ0v) is 8.94. The van der Waals surface area contributed by atoms with Crippen LogP contribution in [0.25, 0.3) is 0 Å². The molecule has 14 heavy (non-hydrogen) atoms. The highest BCUT2D eigenvalue weighted by molar-refractivity contribution is 5.11. The first-order chi connectivity index (χ1) is 6.76. The van der Waals surface area contributed by atoms with Gasteiger partial charge in [0.05, 0.1) is 19.0 Å². The van der Waals surface area contributed by atoms with Crippen LogP contribution in [0.4, 0.5) is 0 Å². The van der Waals surface area contributed by atoms with Crippen LogP contribution in [-0.2, 0) is 6.54 Å². The molecule has 2 N–H and O–H groups in total. The zero-order valence-electron chi connectivity index (χ0n) is 8.94. The highest BCUT2D eigenvalue weighted by atomic mass is 16.5. The van der Waals surface area contributed by atoms with E-state index in [0.29, 0.717) is 19.1 Å². The third kappa shape index (κ3) is 3.38. The Balaban J connectivity index is 2.35. The van der Waals surface area contributed by atoms with Crippen LogP contribution in [0.3, 0.4) is 0 Å². The Morgan fingerprint density at radius 2 is 2.43 bits per heavy atom. The van der Waals surface area contributed by atoms with Gasteiger partial charge in [-0.15, -0.1) is 0 Å². The van der Waals surface area contributed by atoms with Crippen molar-refractivity contribution in [2.45, 2.75) is 26.8 Å². The van der Waals surface area contributed by atoms with Crippen molar-refractivity contribution in [3.05, 3.63) is 12.4 Å². The van der Waals surface area contributed by atoms with E-state index in [2.05, 4.69) is 18.9 Å². The minimum absolute atomic E-state index is 0.393. The summed E-state index contributed by atoms with van der Waals surface area (Å²) in [6.07, 6.45) is 4.76. The molecule has 1 atom stereocenters. The topological polar surface area (TPSA) is 53.1 Å². The fourth-order valence-electron chi connectivity index (χ4n) is 1.08. The lowest BCUT2D eigenvalue weighted by molar-refractivity contribution is 0.263. The minimum atomic E-state index is 0.393. The van der Waals surface area contributed by atoms with E-state index in [4.69, 9.17) is 10.5 Å². The molecule has 0 spiro atoms. The van der Waals surface area contributed by atoms with Gasteiger partial charge < -0.3 is 10.5 Å². The van der Waals surface area contributed by atoms with Crippen molar-refractivity contribution in [3.63, 3.8) is 0 Å². The number of hydrogen-bond acceptors (Lipinski definition) is 3. The van der Waals surface area contributed by atoms with E-state index >= 15 is 0 Å². The van der Waals surface area contributed by atoms with Crippen LogP contribution in [0.1, 0.15) is 20.3 Å². The first-order valence-corrected chi connectivity index (χ1v) is 5.11. The second kappa shape index (κ2) is 5.65. The average molecular weight is 197 g/mol. The fourth-order valence-corrected chi connectivity index (χ4v) is 1.08. The lowest BCUT2D eigenvalue weighted by Gasteiger charge is -2.08. The molecule has 1 aromatic rings. The molecule has 0 aliphatic rings. The number of aromatic nitrogens is 2. The smallest absolute Gasteiger partial charge is 0.157 e. The fraction of sp³-hybridized carbons (Fsp3) is 0.700. The van der Waals surface area contributed by atoms with Crippen molar-refractivity contribution in [1.82, 2.24) is 9.78 Å². The number of rotatable bonds is 6. The molecule has 4 nitrogen and oxygen atoms in total. The Morgan fingerprint density at radius 1 is 1.64 bits per heavy atom.